The van der Waals surface area contributed by atoms with Gasteiger partial charge in [0.05, 0.1) is 16.7 Å². The molecule has 4 aromatic carbocycles. The maximum atomic E-state index is 14.8. The molecule has 1 fully saturated rings. The molecule has 4 aromatic rings. The first-order valence-corrected chi connectivity index (χ1v) is 14.1. The lowest BCUT2D eigenvalue weighted by atomic mass is 9.64. The summed E-state index contributed by atoms with van der Waals surface area (Å²) < 4.78 is 5.63. The van der Waals surface area contributed by atoms with Gasteiger partial charge in [-0.2, -0.15) is 0 Å². The highest BCUT2D eigenvalue weighted by atomic mass is 16.6. The SMILES string of the molecule is CC(=O)Oc1cccc2c1N1[C@H](C(=O)c3ccccc3)[C@@H](c3cccc([N+](=O)[O-])c3)C3(C(=O)c4ccccc4C3=O)[C@@H]1C=C2. The van der Waals surface area contributed by atoms with Gasteiger partial charge in [0.15, 0.2) is 23.1 Å². The molecule has 0 saturated carbocycles. The minimum Gasteiger partial charge on any atom is -0.424 e. The topological polar surface area (TPSA) is 124 Å². The van der Waals surface area contributed by atoms with E-state index in [2.05, 4.69) is 0 Å². The highest BCUT2D eigenvalue weighted by Crippen LogP contribution is 2.62. The normalized spacial score (nSPS) is 20.7. The molecule has 2 aliphatic heterocycles. The number of Topliss-reactive ketones (excluding diaryl/α,β-unsaturated/α-hetero) is 3. The number of nitro groups is 1. The van der Waals surface area contributed by atoms with E-state index >= 15 is 0 Å². The molecule has 1 aliphatic carbocycles. The van der Waals surface area contributed by atoms with Crippen LogP contribution in [0.5, 0.6) is 5.75 Å². The van der Waals surface area contributed by atoms with E-state index in [0.29, 0.717) is 22.4 Å². The van der Waals surface area contributed by atoms with Gasteiger partial charge in [-0.1, -0.05) is 91.0 Å². The molecule has 0 unspecified atom stereocenters. The number of esters is 1. The molecular formula is C35H24N2O7. The molecule has 0 N–H and O–H groups in total. The smallest absolute Gasteiger partial charge is 0.308 e. The average Bonchev–Trinajstić information content (AvgIpc) is 3.47. The van der Waals surface area contributed by atoms with Crippen molar-refractivity contribution < 1.29 is 28.8 Å². The summed E-state index contributed by atoms with van der Waals surface area (Å²) in [7, 11) is 0. The summed E-state index contributed by atoms with van der Waals surface area (Å²) in [5, 5.41) is 11.9. The minimum absolute atomic E-state index is 0.167. The van der Waals surface area contributed by atoms with Gasteiger partial charge < -0.3 is 9.64 Å². The van der Waals surface area contributed by atoms with Gasteiger partial charge in [-0.25, -0.2) is 0 Å². The van der Waals surface area contributed by atoms with E-state index in [0.717, 1.165) is 0 Å². The monoisotopic (exact) mass is 584 g/mol. The number of nitro benzene ring substituents is 1. The zero-order valence-electron chi connectivity index (χ0n) is 23.4. The highest BCUT2D eigenvalue weighted by Gasteiger charge is 2.71. The first-order chi connectivity index (χ1) is 21.2. The predicted molar refractivity (Wildman–Crippen MR) is 161 cm³/mol. The van der Waals surface area contributed by atoms with Crippen molar-refractivity contribution in [2.75, 3.05) is 4.90 Å². The quantitative estimate of drug-likeness (QED) is 0.0716. The van der Waals surface area contributed by atoms with Crippen LogP contribution >= 0.6 is 0 Å². The molecule has 0 amide bonds. The van der Waals surface area contributed by atoms with Crippen molar-refractivity contribution in [1.29, 1.82) is 0 Å². The number of fused-ring (bicyclic) bond motifs is 5. The number of hydrogen-bond acceptors (Lipinski definition) is 8. The number of non-ortho nitro benzene ring substituents is 1. The van der Waals surface area contributed by atoms with Crippen LogP contribution in [0.4, 0.5) is 11.4 Å². The highest BCUT2D eigenvalue weighted by molar-refractivity contribution is 6.32. The molecule has 9 nitrogen and oxygen atoms in total. The molecule has 1 spiro atoms. The number of anilines is 1. The summed E-state index contributed by atoms with van der Waals surface area (Å²) in [6.45, 7) is 1.26. The molecule has 44 heavy (non-hydrogen) atoms. The van der Waals surface area contributed by atoms with Gasteiger partial charge in [0.2, 0.25) is 0 Å². The van der Waals surface area contributed by atoms with Crippen molar-refractivity contribution >= 4 is 40.8 Å². The lowest BCUT2D eigenvalue weighted by Gasteiger charge is -2.37. The van der Waals surface area contributed by atoms with Gasteiger partial charge in [0.25, 0.3) is 5.69 Å². The van der Waals surface area contributed by atoms with Gasteiger partial charge in [0, 0.05) is 47.2 Å². The summed E-state index contributed by atoms with van der Waals surface area (Å²) in [5.74, 6) is -2.88. The van der Waals surface area contributed by atoms with Crippen molar-refractivity contribution in [3.63, 3.8) is 0 Å². The molecule has 216 valence electrons. The van der Waals surface area contributed by atoms with Crippen LogP contribution in [0.25, 0.3) is 6.08 Å². The fraction of sp³-hybridized carbons (Fsp3) is 0.143. The van der Waals surface area contributed by atoms with Gasteiger partial charge in [-0.05, 0) is 11.6 Å². The number of hydrogen-bond donors (Lipinski definition) is 0. The molecule has 0 radical (unpaired) electrons. The lowest BCUT2D eigenvalue weighted by molar-refractivity contribution is -0.384. The largest absolute Gasteiger partial charge is 0.424 e. The molecule has 9 heteroatoms. The molecule has 2 heterocycles. The van der Waals surface area contributed by atoms with Crippen molar-refractivity contribution in [3.05, 3.63) is 141 Å². The van der Waals surface area contributed by atoms with Gasteiger partial charge in [0.1, 0.15) is 11.5 Å². The number of ketones is 3. The summed E-state index contributed by atoms with van der Waals surface area (Å²) >= 11 is 0. The first kappa shape index (κ1) is 27.2. The van der Waals surface area contributed by atoms with Gasteiger partial charge in [-0.3, -0.25) is 29.3 Å². The van der Waals surface area contributed by atoms with Crippen molar-refractivity contribution in [2.24, 2.45) is 5.41 Å². The standard InChI is InChI=1S/C35H24N2O7/c1-20(38)44-27-16-8-11-21-17-18-28-35(33(40)25-14-5-6-15-26(25)34(35)41)29(23-12-7-13-24(19-23)37(42)43)31(36(28)30(21)27)32(39)22-9-3-2-4-10-22/h2-19,28-29,31H,1H3/t28-,29+,31-/m0/s1. The van der Waals surface area contributed by atoms with Crippen LogP contribution in [0.1, 0.15) is 55.0 Å². The van der Waals surface area contributed by atoms with Crippen molar-refractivity contribution in [1.82, 2.24) is 0 Å². The number of ether oxygens (including phenoxy) is 1. The Bertz CT molecular complexity index is 1910. The molecule has 3 aliphatic rings. The van der Waals surface area contributed by atoms with Gasteiger partial charge >= 0.3 is 5.97 Å². The second-order valence-electron chi connectivity index (χ2n) is 11.1. The molecule has 7 rings (SSSR count). The molecule has 3 atom stereocenters. The van der Waals surface area contributed by atoms with Crippen molar-refractivity contribution in [2.45, 2.75) is 24.9 Å². The molecular weight excluding hydrogens is 560 g/mol. The van der Waals surface area contributed by atoms with E-state index in [1.165, 1.54) is 25.1 Å². The third-order valence-corrected chi connectivity index (χ3v) is 8.81. The summed E-state index contributed by atoms with van der Waals surface area (Å²) in [6.07, 6.45) is 3.50. The van der Waals surface area contributed by atoms with E-state index in [4.69, 9.17) is 4.74 Å². The Morgan fingerprint density at radius 1 is 0.864 bits per heavy atom. The van der Waals surface area contributed by atoms with Crippen LogP contribution in [0.3, 0.4) is 0 Å². The Hall–Kier alpha value is -5.70. The maximum absolute atomic E-state index is 14.8. The Balaban J connectivity index is 1.58. The third-order valence-electron chi connectivity index (χ3n) is 8.81. The maximum Gasteiger partial charge on any atom is 0.308 e. The third kappa shape index (κ3) is 3.72. The summed E-state index contributed by atoms with van der Waals surface area (Å²) in [4.78, 5) is 69.6. The molecule has 1 saturated heterocycles. The predicted octanol–water partition coefficient (Wildman–Crippen LogP) is 5.84. The second kappa shape index (κ2) is 9.95. The number of carbonyl (C=O) groups excluding carboxylic acids is 4. The Morgan fingerprint density at radius 2 is 1.52 bits per heavy atom. The van der Waals surface area contributed by atoms with E-state index in [9.17, 15) is 29.3 Å². The zero-order valence-corrected chi connectivity index (χ0v) is 23.4. The Morgan fingerprint density at radius 3 is 2.18 bits per heavy atom. The van der Waals surface area contributed by atoms with Crippen molar-refractivity contribution in [3.8, 4) is 5.75 Å². The summed E-state index contributed by atoms with van der Waals surface area (Å²) in [5.41, 5.74) is 0.00890. The van der Waals surface area contributed by atoms with Gasteiger partial charge in [-0.15, -0.1) is 0 Å². The zero-order chi connectivity index (χ0) is 30.7. The van der Waals surface area contributed by atoms with Crippen LogP contribution in [0.2, 0.25) is 0 Å². The van der Waals surface area contributed by atoms with E-state index < -0.39 is 45.9 Å². The van der Waals surface area contributed by atoms with E-state index in [1.807, 2.05) is 0 Å². The van der Waals surface area contributed by atoms with E-state index in [1.54, 1.807) is 95.9 Å². The number of carbonyl (C=O) groups is 4. The lowest BCUT2D eigenvalue weighted by Crippen LogP contribution is -2.48. The summed E-state index contributed by atoms with van der Waals surface area (Å²) in [6, 6.07) is 23.7. The Labute approximate surface area is 251 Å². The average molecular weight is 585 g/mol. The Kier molecular flexibility index (Phi) is 6.14. The number of para-hydroxylation sites is 1. The number of nitrogens with zero attached hydrogens (tertiary/aromatic N) is 2. The fourth-order valence-corrected chi connectivity index (χ4v) is 7.20. The number of benzene rings is 4. The number of rotatable bonds is 5. The van der Waals surface area contributed by atoms with E-state index in [-0.39, 0.29) is 28.3 Å². The van der Waals surface area contributed by atoms with Crippen LogP contribution in [-0.4, -0.2) is 40.3 Å². The molecule has 0 aromatic heterocycles. The second-order valence-corrected chi connectivity index (χ2v) is 11.1. The van der Waals surface area contributed by atoms with Crippen LogP contribution in [0, 0.1) is 15.5 Å². The van der Waals surface area contributed by atoms with Crippen LogP contribution < -0.4 is 9.64 Å². The first-order valence-electron chi connectivity index (χ1n) is 14.1. The van der Waals surface area contributed by atoms with Crippen LogP contribution in [0.15, 0.2) is 103 Å². The molecule has 0 bridgehead atoms. The minimum atomic E-state index is -1.86. The fourth-order valence-electron chi connectivity index (χ4n) is 7.20. The van der Waals surface area contributed by atoms with Crippen LogP contribution in [-0.2, 0) is 4.79 Å².